The van der Waals surface area contributed by atoms with Gasteiger partial charge >= 0.3 is 0 Å². The van der Waals surface area contributed by atoms with Gasteiger partial charge in [0.15, 0.2) is 11.6 Å². The summed E-state index contributed by atoms with van der Waals surface area (Å²) in [6, 6.07) is 5.47. The monoisotopic (exact) mass is 523 g/mol. The van der Waals surface area contributed by atoms with Crippen molar-refractivity contribution in [2.45, 2.75) is 38.5 Å². The fourth-order valence-corrected chi connectivity index (χ4v) is 6.64. The molecule has 2 unspecified atom stereocenters. The standard InChI is InChI=1S/C27H30FN5O5/c1-27(2)17-11-33(22(20(17)27)25(35)31-13-6-7-30-18(8-13)24(29)34)26(36)16-4-5-19(21(28)23(16)37-3)32-10-15-9-14(32)12-38-15/h4-8,14-15,17,20,22H,9-12H2,1-3H3,(H2,29,34)(H,30,31,35)/t14?,15?,17-,20-,22-/m0/s1. The molecular formula is C27H30FN5O5. The number of piperidine rings is 1. The van der Waals surface area contributed by atoms with E-state index in [4.69, 9.17) is 15.2 Å². The van der Waals surface area contributed by atoms with Crippen LogP contribution in [0.1, 0.15) is 41.1 Å². The van der Waals surface area contributed by atoms with Gasteiger partial charge in [-0.05, 0) is 47.9 Å². The largest absolute Gasteiger partial charge is 0.493 e. The number of anilines is 2. The average Bonchev–Trinajstić information content (AvgIpc) is 3.42. The Morgan fingerprint density at radius 1 is 1.24 bits per heavy atom. The summed E-state index contributed by atoms with van der Waals surface area (Å²) in [4.78, 5) is 46.2. The van der Waals surface area contributed by atoms with Crippen LogP contribution in [0.5, 0.6) is 5.75 Å². The molecule has 3 aliphatic heterocycles. The molecule has 10 nitrogen and oxygen atoms in total. The topological polar surface area (TPSA) is 127 Å². The zero-order chi connectivity index (χ0) is 26.9. The third-order valence-electron chi connectivity index (χ3n) is 8.74. The number of amides is 3. The highest BCUT2D eigenvalue weighted by Gasteiger charge is 2.69. The Morgan fingerprint density at radius 2 is 2.03 bits per heavy atom. The summed E-state index contributed by atoms with van der Waals surface area (Å²) < 4.78 is 26.8. The second-order valence-electron chi connectivity index (χ2n) is 11.1. The fourth-order valence-electron chi connectivity index (χ4n) is 6.64. The number of morpholine rings is 1. The van der Waals surface area contributed by atoms with E-state index >= 15 is 4.39 Å². The molecule has 3 N–H and O–H groups in total. The number of rotatable bonds is 6. The summed E-state index contributed by atoms with van der Waals surface area (Å²) in [6.07, 6.45) is 2.32. The molecule has 0 spiro atoms. The molecule has 2 bridgehead atoms. The number of carbonyl (C=O) groups excluding carboxylic acids is 3. The molecule has 3 amide bonds. The Kier molecular flexibility index (Phi) is 5.60. The molecule has 3 saturated heterocycles. The lowest BCUT2D eigenvalue weighted by Gasteiger charge is -2.32. The maximum absolute atomic E-state index is 15.7. The molecule has 1 aromatic carbocycles. The lowest BCUT2D eigenvalue weighted by molar-refractivity contribution is -0.120. The van der Waals surface area contributed by atoms with Crippen molar-refractivity contribution in [3.8, 4) is 5.75 Å². The predicted octanol–water partition coefficient (Wildman–Crippen LogP) is 2.04. The number of carbonyl (C=O) groups is 3. The Bertz CT molecular complexity index is 1350. The van der Waals surface area contributed by atoms with Crippen LogP contribution in [0.25, 0.3) is 0 Å². The highest BCUT2D eigenvalue weighted by Crippen LogP contribution is 2.65. The van der Waals surface area contributed by atoms with Gasteiger partial charge in [0.05, 0.1) is 37.1 Å². The number of methoxy groups -OCH3 is 1. The Balaban J connectivity index is 1.28. The first-order valence-corrected chi connectivity index (χ1v) is 12.7. The van der Waals surface area contributed by atoms with Crippen LogP contribution in [-0.2, 0) is 9.53 Å². The number of hydrogen-bond donors (Lipinski definition) is 2. The molecule has 11 heteroatoms. The van der Waals surface area contributed by atoms with Gasteiger partial charge in [0, 0.05) is 25.0 Å². The van der Waals surface area contributed by atoms with Crippen molar-refractivity contribution in [2.24, 2.45) is 23.0 Å². The third-order valence-corrected chi connectivity index (χ3v) is 8.74. The van der Waals surface area contributed by atoms with Gasteiger partial charge in [0.1, 0.15) is 11.7 Å². The second kappa shape index (κ2) is 8.65. The van der Waals surface area contributed by atoms with Gasteiger partial charge in [0.2, 0.25) is 5.91 Å². The summed E-state index contributed by atoms with van der Waals surface area (Å²) >= 11 is 0. The average molecular weight is 524 g/mol. The number of aromatic nitrogens is 1. The Hall–Kier alpha value is -3.73. The molecule has 4 heterocycles. The van der Waals surface area contributed by atoms with E-state index in [1.807, 2.05) is 4.90 Å². The number of nitrogens with zero attached hydrogens (tertiary/aromatic N) is 3. The lowest BCUT2D eigenvalue weighted by Crippen LogP contribution is -2.47. The van der Waals surface area contributed by atoms with Crippen LogP contribution in [0.15, 0.2) is 30.5 Å². The maximum Gasteiger partial charge on any atom is 0.267 e. The van der Waals surface area contributed by atoms with E-state index in [1.54, 1.807) is 18.2 Å². The maximum atomic E-state index is 15.7. The molecule has 1 saturated carbocycles. The Morgan fingerprint density at radius 3 is 2.68 bits per heavy atom. The van der Waals surface area contributed by atoms with E-state index in [9.17, 15) is 14.4 Å². The number of pyridine rings is 1. The van der Waals surface area contributed by atoms with Crippen LogP contribution < -0.4 is 20.7 Å². The van der Waals surface area contributed by atoms with Gasteiger partial charge in [-0.2, -0.15) is 0 Å². The minimum atomic E-state index is -0.772. The third kappa shape index (κ3) is 3.71. The summed E-state index contributed by atoms with van der Waals surface area (Å²) in [7, 11) is 1.34. The molecule has 200 valence electrons. The highest BCUT2D eigenvalue weighted by atomic mass is 19.1. The molecule has 1 aliphatic carbocycles. The first-order valence-electron chi connectivity index (χ1n) is 12.7. The number of ether oxygens (including phenoxy) is 2. The van der Waals surface area contributed by atoms with Crippen molar-refractivity contribution in [3.05, 3.63) is 47.5 Å². The second-order valence-corrected chi connectivity index (χ2v) is 11.1. The van der Waals surface area contributed by atoms with Crippen LogP contribution in [0.4, 0.5) is 15.8 Å². The molecule has 4 aliphatic rings. The number of nitrogens with one attached hydrogen (secondary N) is 1. The van der Waals surface area contributed by atoms with E-state index in [0.717, 1.165) is 6.42 Å². The number of halogens is 1. The van der Waals surface area contributed by atoms with Crippen LogP contribution in [-0.4, -0.2) is 72.6 Å². The number of nitrogens with two attached hydrogens (primary N) is 1. The zero-order valence-electron chi connectivity index (χ0n) is 21.4. The van der Waals surface area contributed by atoms with Crippen molar-refractivity contribution in [1.82, 2.24) is 9.88 Å². The normalized spacial score (nSPS) is 28.3. The molecule has 6 rings (SSSR count). The minimum absolute atomic E-state index is 0.0184. The van der Waals surface area contributed by atoms with Crippen LogP contribution in [0.3, 0.4) is 0 Å². The number of fused-ring (bicyclic) bond motifs is 3. The van der Waals surface area contributed by atoms with Gasteiger partial charge in [-0.1, -0.05) is 13.8 Å². The molecule has 5 atom stereocenters. The van der Waals surface area contributed by atoms with Gasteiger partial charge in [-0.15, -0.1) is 0 Å². The highest BCUT2D eigenvalue weighted by molar-refractivity contribution is 6.04. The molecular weight excluding hydrogens is 493 g/mol. The first kappa shape index (κ1) is 24.6. The summed E-state index contributed by atoms with van der Waals surface area (Å²) in [5.74, 6) is -2.21. The van der Waals surface area contributed by atoms with Crippen molar-refractivity contribution in [1.29, 1.82) is 0 Å². The van der Waals surface area contributed by atoms with Crippen LogP contribution in [0.2, 0.25) is 0 Å². The van der Waals surface area contributed by atoms with Crippen molar-refractivity contribution in [3.63, 3.8) is 0 Å². The summed E-state index contributed by atoms with van der Waals surface area (Å²) in [5.41, 5.74) is 6.03. The molecule has 2 aromatic rings. The van der Waals surface area contributed by atoms with Crippen molar-refractivity contribution < 1.29 is 28.2 Å². The summed E-state index contributed by atoms with van der Waals surface area (Å²) in [6.45, 7) is 5.67. The summed E-state index contributed by atoms with van der Waals surface area (Å²) in [5, 5.41) is 2.81. The van der Waals surface area contributed by atoms with E-state index in [-0.39, 0.29) is 52.3 Å². The van der Waals surface area contributed by atoms with Gasteiger partial charge in [-0.25, -0.2) is 4.39 Å². The first-order chi connectivity index (χ1) is 18.1. The number of benzene rings is 1. The lowest BCUT2D eigenvalue weighted by atomic mass is 9.99. The van der Waals surface area contributed by atoms with Crippen molar-refractivity contribution >= 4 is 29.1 Å². The minimum Gasteiger partial charge on any atom is -0.493 e. The molecule has 0 radical (unpaired) electrons. The number of likely N-dealkylation sites (tertiary alicyclic amines) is 1. The van der Waals surface area contributed by atoms with E-state index in [2.05, 4.69) is 24.1 Å². The van der Waals surface area contributed by atoms with Gasteiger partial charge < -0.3 is 30.3 Å². The van der Waals surface area contributed by atoms with Gasteiger partial charge in [0.25, 0.3) is 11.8 Å². The van der Waals surface area contributed by atoms with Crippen molar-refractivity contribution in [2.75, 3.05) is 37.0 Å². The smallest absolute Gasteiger partial charge is 0.267 e. The Labute approximate surface area is 219 Å². The fraction of sp³-hybridized carbons (Fsp3) is 0.481. The molecule has 38 heavy (non-hydrogen) atoms. The SMILES string of the molecule is COc1c(C(=O)N2C[C@H]3[C@@H]([C@H]2C(=O)Nc2ccnc(C(N)=O)c2)C3(C)C)ccc(N2CC3CC2CO3)c1F. The molecule has 1 aromatic heterocycles. The predicted molar refractivity (Wildman–Crippen MR) is 135 cm³/mol. The van der Waals surface area contributed by atoms with Crippen LogP contribution in [0, 0.1) is 23.1 Å². The number of primary amides is 1. The van der Waals surface area contributed by atoms with E-state index in [1.165, 1.54) is 24.3 Å². The quantitative estimate of drug-likeness (QED) is 0.593. The van der Waals surface area contributed by atoms with E-state index < -0.39 is 23.7 Å². The molecule has 4 fully saturated rings. The van der Waals surface area contributed by atoms with E-state index in [0.29, 0.717) is 31.1 Å². The van der Waals surface area contributed by atoms with Gasteiger partial charge in [-0.3, -0.25) is 19.4 Å². The van der Waals surface area contributed by atoms with Crippen LogP contribution >= 0.6 is 0 Å². The zero-order valence-corrected chi connectivity index (χ0v) is 21.4. The number of hydrogen-bond acceptors (Lipinski definition) is 7.